The van der Waals surface area contributed by atoms with E-state index in [1.54, 1.807) is 0 Å². The lowest BCUT2D eigenvalue weighted by molar-refractivity contribution is 0.0654. The fourth-order valence-corrected chi connectivity index (χ4v) is 0.955. The summed E-state index contributed by atoms with van der Waals surface area (Å²) in [5.41, 5.74) is 0.231. The molecule has 6 nitrogen and oxygen atoms in total. The predicted octanol–water partition coefficient (Wildman–Crippen LogP) is 0.969. The van der Waals surface area contributed by atoms with E-state index in [0.29, 0.717) is 0 Å². The molecule has 0 unspecified atom stereocenters. The molecule has 15 heavy (non-hydrogen) atoms. The van der Waals surface area contributed by atoms with Crippen LogP contribution in [-0.2, 0) is 0 Å². The highest BCUT2D eigenvalue weighted by atomic mass is 19.1. The van der Waals surface area contributed by atoms with Crippen LogP contribution < -0.4 is 0 Å². The second kappa shape index (κ2) is 3.45. The Bertz CT molecular complexity index is 511. The highest BCUT2D eigenvalue weighted by Gasteiger charge is 2.14. The summed E-state index contributed by atoms with van der Waals surface area (Å²) in [7, 11) is 0. The van der Waals surface area contributed by atoms with Gasteiger partial charge in [-0.25, -0.2) is 9.18 Å². The van der Waals surface area contributed by atoms with Gasteiger partial charge in [0.25, 0.3) is 0 Å². The van der Waals surface area contributed by atoms with Crippen LogP contribution in [0.15, 0.2) is 22.9 Å². The summed E-state index contributed by atoms with van der Waals surface area (Å²) < 4.78 is 17.5. The Kier molecular flexibility index (Phi) is 2.13. The fourth-order valence-electron chi connectivity index (χ4n) is 0.955. The minimum atomic E-state index is -1.34. The molecule has 76 valence electrons. The Balaban J connectivity index is 2.41. The minimum absolute atomic E-state index is 0.0839. The molecular formula is C8H4FN3O3. The third kappa shape index (κ3) is 1.80. The Morgan fingerprint density at radius 3 is 2.80 bits per heavy atom. The van der Waals surface area contributed by atoms with Crippen molar-refractivity contribution in [1.29, 1.82) is 0 Å². The molecule has 2 aromatic heterocycles. The standard InChI is InChI=1S/C8H4FN3O3/c9-5-1-4(2-10-3-5)6-11-12-7(15-6)8(13)14/h1-3H,(H,13,14). The summed E-state index contributed by atoms with van der Waals surface area (Å²) in [5, 5.41) is 15.2. The number of rotatable bonds is 2. The van der Waals surface area contributed by atoms with Crippen molar-refractivity contribution in [2.24, 2.45) is 0 Å². The Morgan fingerprint density at radius 1 is 1.40 bits per heavy atom. The number of carboxylic acid groups (broad SMARTS) is 1. The summed E-state index contributed by atoms with van der Waals surface area (Å²) in [6, 6.07) is 1.12. The van der Waals surface area contributed by atoms with Crippen molar-refractivity contribution in [3.8, 4) is 11.5 Å². The zero-order valence-electron chi connectivity index (χ0n) is 7.22. The SMILES string of the molecule is O=C(O)c1nnc(-c2cncc(F)c2)o1. The number of nitrogens with zero attached hydrogens (tertiary/aromatic N) is 3. The van der Waals surface area contributed by atoms with E-state index >= 15 is 0 Å². The van der Waals surface area contributed by atoms with E-state index in [2.05, 4.69) is 15.2 Å². The van der Waals surface area contributed by atoms with Crippen LogP contribution in [0.2, 0.25) is 0 Å². The molecule has 0 aliphatic carbocycles. The number of aromatic carboxylic acids is 1. The molecule has 0 aliphatic heterocycles. The molecule has 2 aromatic rings. The zero-order valence-corrected chi connectivity index (χ0v) is 7.22. The average molecular weight is 209 g/mol. The normalized spacial score (nSPS) is 10.2. The Hall–Kier alpha value is -2.31. The number of aromatic nitrogens is 3. The van der Waals surface area contributed by atoms with Crippen molar-refractivity contribution in [3.05, 3.63) is 30.2 Å². The molecule has 2 heterocycles. The van der Waals surface area contributed by atoms with Crippen LogP contribution in [0.25, 0.3) is 11.5 Å². The summed E-state index contributed by atoms with van der Waals surface area (Å²) in [4.78, 5) is 14.0. The van der Waals surface area contributed by atoms with Gasteiger partial charge in [-0.15, -0.1) is 10.2 Å². The molecule has 0 amide bonds. The molecule has 0 radical (unpaired) electrons. The Labute approximate surface area is 82.4 Å². The predicted molar refractivity (Wildman–Crippen MR) is 44.4 cm³/mol. The van der Waals surface area contributed by atoms with Gasteiger partial charge in [-0.3, -0.25) is 4.98 Å². The smallest absolute Gasteiger partial charge is 0.393 e. The van der Waals surface area contributed by atoms with Crippen LogP contribution in [-0.4, -0.2) is 26.3 Å². The van der Waals surface area contributed by atoms with Gasteiger partial charge in [0, 0.05) is 6.20 Å². The second-order valence-electron chi connectivity index (χ2n) is 2.61. The first kappa shape index (κ1) is 9.25. The maximum atomic E-state index is 12.7. The van der Waals surface area contributed by atoms with Crippen molar-refractivity contribution < 1.29 is 18.7 Å². The number of halogens is 1. The van der Waals surface area contributed by atoms with Gasteiger partial charge in [0.1, 0.15) is 5.82 Å². The van der Waals surface area contributed by atoms with Gasteiger partial charge in [-0.05, 0) is 6.07 Å². The van der Waals surface area contributed by atoms with Gasteiger partial charge in [0.05, 0.1) is 11.8 Å². The largest absolute Gasteiger partial charge is 0.474 e. The molecule has 2 rings (SSSR count). The summed E-state index contributed by atoms with van der Waals surface area (Å²) in [6.45, 7) is 0. The van der Waals surface area contributed by atoms with Crippen LogP contribution in [0.3, 0.4) is 0 Å². The highest BCUT2D eigenvalue weighted by molar-refractivity contribution is 5.82. The molecule has 1 N–H and O–H groups in total. The number of pyridine rings is 1. The molecule has 0 fully saturated rings. The monoisotopic (exact) mass is 209 g/mol. The summed E-state index contributed by atoms with van der Waals surface area (Å²) in [5.74, 6) is -2.53. The minimum Gasteiger partial charge on any atom is -0.474 e. The number of hydrogen-bond acceptors (Lipinski definition) is 5. The van der Waals surface area contributed by atoms with Gasteiger partial charge in [0.2, 0.25) is 5.89 Å². The van der Waals surface area contributed by atoms with Crippen molar-refractivity contribution in [3.63, 3.8) is 0 Å². The van der Waals surface area contributed by atoms with Crippen LogP contribution >= 0.6 is 0 Å². The summed E-state index contributed by atoms with van der Waals surface area (Å²) >= 11 is 0. The number of hydrogen-bond donors (Lipinski definition) is 1. The van der Waals surface area contributed by atoms with E-state index in [4.69, 9.17) is 9.52 Å². The molecule has 0 saturated heterocycles. The third-order valence-corrected chi connectivity index (χ3v) is 1.56. The molecule has 7 heteroatoms. The molecule has 0 spiro atoms. The average Bonchev–Trinajstić information content (AvgIpc) is 2.66. The van der Waals surface area contributed by atoms with E-state index in [1.165, 1.54) is 6.20 Å². The van der Waals surface area contributed by atoms with Crippen LogP contribution in [0.1, 0.15) is 10.7 Å². The lowest BCUT2D eigenvalue weighted by Gasteiger charge is -1.92. The van der Waals surface area contributed by atoms with E-state index in [0.717, 1.165) is 12.3 Å². The van der Waals surface area contributed by atoms with E-state index in [1.807, 2.05) is 0 Å². The zero-order chi connectivity index (χ0) is 10.8. The molecule has 0 atom stereocenters. The third-order valence-electron chi connectivity index (χ3n) is 1.56. The van der Waals surface area contributed by atoms with E-state index in [-0.39, 0.29) is 11.5 Å². The summed E-state index contributed by atoms with van der Waals surface area (Å²) in [6.07, 6.45) is 2.31. The highest BCUT2D eigenvalue weighted by Crippen LogP contribution is 2.17. The first-order valence-corrected chi connectivity index (χ1v) is 3.84. The molecule has 0 bridgehead atoms. The van der Waals surface area contributed by atoms with Gasteiger partial charge in [-0.1, -0.05) is 0 Å². The van der Waals surface area contributed by atoms with Crippen molar-refractivity contribution in [2.45, 2.75) is 0 Å². The maximum absolute atomic E-state index is 12.7. The lowest BCUT2D eigenvalue weighted by atomic mass is 10.3. The quantitative estimate of drug-likeness (QED) is 0.792. The van der Waals surface area contributed by atoms with Gasteiger partial charge >= 0.3 is 11.9 Å². The molecule has 0 saturated carbocycles. The van der Waals surface area contributed by atoms with Crippen molar-refractivity contribution in [2.75, 3.05) is 0 Å². The van der Waals surface area contributed by atoms with Crippen molar-refractivity contribution >= 4 is 5.97 Å². The molecule has 0 aromatic carbocycles. The maximum Gasteiger partial charge on any atom is 0.393 e. The van der Waals surface area contributed by atoms with Gasteiger partial charge < -0.3 is 9.52 Å². The fraction of sp³-hybridized carbons (Fsp3) is 0. The first-order chi connectivity index (χ1) is 7.16. The topological polar surface area (TPSA) is 89.1 Å². The van der Waals surface area contributed by atoms with E-state index in [9.17, 15) is 9.18 Å². The van der Waals surface area contributed by atoms with Crippen LogP contribution in [0, 0.1) is 5.82 Å². The lowest BCUT2D eigenvalue weighted by Crippen LogP contribution is -1.95. The van der Waals surface area contributed by atoms with E-state index < -0.39 is 17.7 Å². The molecule has 0 aliphatic rings. The van der Waals surface area contributed by atoms with Gasteiger partial charge in [-0.2, -0.15) is 0 Å². The second-order valence-corrected chi connectivity index (χ2v) is 2.61. The Morgan fingerprint density at radius 2 is 2.20 bits per heavy atom. The van der Waals surface area contributed by atoms with Crippen molar-refractivity contribution in [1.82, 2.24) is 15.2 Å². The van der Waals surface area contributed by atoms with Crippen LogP contribution in [0.5, 0.6) is 0 Å². The molecular weight excluding hydrogens is 205 g/mol. The van der Waals surface area contributed by atoms with Crippen LogP contribution in [0.4, 0.5) is 4.39 Å². The number of carboxylic acids is 1. The van der Waals surface area contributed by atoms with Gasteiger partial charge in [0.15, 0.2) is 0 Å². The number of carbonyl (C=O) groups is 1. The first-order valence-electron chi connectivity index (χ1n) is 3.84.